The lowest BCUT2D eigenvalue weighted by atomic mass is 9.45. The summed E-state index contributed by atoms with van der Waals surface area (Å²) in [4.78, 5) is 0. The summed E-state index contributed by atoms with van der Waals surface area (Å²) in [5.41, 5.74) is 10.00. The Kier molecular flexibility index (Phi) is 8.61. The van der Waals surface area contributed by atoms with E-state index in [1.807, 2.05) is 0 Å². The molecule has 0 aromatic carbocycles. The van der Waals surface area contributed by atoms with Crippen molar-refractivity contribution in [3.63, 3.8) is 0 Å². The Morgan fingerprint density at radius 1 is 0.857 bits per heavy atom. The molecular formula is C32H57N3. The van der Waals surface area contributed by atoms with Crippen LogP contribution >= 0.6 is 0 Å². The van der Waals surface area contributed by atoms with Crippen molar-refractivity contribution in [1.82, 2.24) is 10.6 Å². The number of fused-ring (bicyclic) bond motifs is 2. The molecule has 0 aromatic heterocycles. The Balaban J connectivity index is 1.34. The zero-order valence-corrected chi connectivity index (χ0v) is 24.1. The van der Waals surface area contributed by atoms with E-state index >= 15 is 0 Å². The number of hydrogen-bond donors (Lipinski definition) is 3. The molecule has 0 aromatic rings. The van der Waals surface area contributed by atoms with E-state index < -0.39 is 0 Å². The van der Waals surface area contributed by atoms with Crippen molar-refractivity contribution in [3.8, 4) is 0 Å². The molecule has 3 heteroatoms. The SMILES string of the molecule is CC1=CC(CC(C)CC(CC2C=C(C)C3CC2C3(C)C)NCCCNCCCN)C2CC1C2(C)C. The molecule has 4 N–H and O–H groups in total. The van der Waals surface area contributed by atoms with E-state index in [1.165, 1.54) is 38.5 Å². The molecule has 2 fully saturated rings. The molecule has 2 saturated carbocycles. The maximum absolute atomic E-state index is 5.63. The molecule has 8 atom stereocenters. The summed E-state index contributed by atoms with van der Waals surface area (Å²) in [6.07, 6.45) is 14.5. The van der Waals surface area contributed by atoms with E-state index in [1.54, 1.807) is 11.1 Å². The number of nitrogens with two attached hydrogens (primary N) is 1. The predicted molar refractivity (Wildman–Crippen MR) is 151 cm³/mol. The highest BCUT2D eigenvalue weighted by Crippen LogP contribution is 2.63. The summed E-state index contributed by atoms with van der Waals surface area (Å²) in [6, 6.07) is 0.631. The molecule has 4 bridgehead atoms. The van der Waals surface area contributed by atoms with Gasteiger partial charge in [0.25, 0.3) is 0 Å². The van der Waals surface area contributed by atoms with E-state index in [9.17, 15) is 0 Å². The van der Waals surface area contributed by atoms with Crippen LogP contribution in [0, 0.1) is 52.3 Å². The van der Waals surface area contributed by atoms with Gasteiger partial charge in [0.1, 0.15) is 0 Å². The van der Waals surface area contributed by atoms with Gasteiger partial charge in [-0.05, 0) is 137 Å². The van der Waals surface area contributed by atoms with Gasteiger partial charge in [-0.25, -0.2) is 0 Å². The fourth-order valence-corrected chi connectivity index (χ4v) is 9.03. The molecule has 0 aliphatic heterocycles. The molecular weight excluding hydrogens is 426 g/mol. The second-order valence-electron chi connectivity index (χ2n) is 14.3. The molecule has 6 rings (SSSR count). The maximum atomic E-state index is 5.63. The van der Waals surface area contributed by atoms with Crippen molar-refractivity contribution in [3.05, 3.63) is 23.3 Å². The first-order valence-electron chi connectivity index (χ1n) is 15.1. The average molecular weight is 484 g/mol. The van der Waals surface area contributed by atoms with Crippen molar-refractivity contribution in [1.29, 1.82) is 0 Å². The van der Waals surface area contributed by atoms with Gasteiger partial charge in [-0.15, -0.1) is 0 Å². The van der Waals surface area contributed by atoms with Gasteiger partial charge in [-0.3, -0.25) is 0 Å². The highest BCUT2D eigenvalue weighted by atomic mass is 14.9. The summed E-state index contributed by atoms with van der Waals surface area (Å²) in [7, 11) is 0. The standard InChI is InChI=1S/C32H57N3/c1-21(14-24-16-22(2)27-19-29(24)31(27,4)5)15-26(35-13-9-12-34-11-8-10-33)18-25-17-23(3)28-20-30(25)32(28,6)7/h16-17,21,24-30,34-35H,8-15,18-20,33H2,1-7H3. The third-order valence-electron chi connectivity index (χ3n) is 11.2. The van der Waals surface area contributed by atoms with Crippen molar-refractivity contribution < 1.29 is 0 Å². The first kappa shape index (κ1) is 27.4. The van der Waals surface area contributed by atoms with Crippen molar-refractivity contribution in [2.24, 2.45) is 58.0 Å². The summed E-state index contributed by atoms with van der Waals surface area (Å²) in [6.45, 7) is 21.5. The molecule has 0 heterocycles. The van der Waals surface area contributed by atoms with E-state index in [-0.39, 0.29) is 0 Å². The van der Waals surface area contributed by atoms with Crippen LogP contribution in [-0.4, -0.2) is 32.2 Å². The minimum atomic E-state index is 0.503. The molecule has 3 nitrogen and oxygen atoms in total. The molecule has 8 unspecified atom stereocenters. The maximum Gasteiger partial charge on any atom is 0.00753 e. The van der Waals surface area contributed by atoms with Gasteiger partial charge in [0.15, 0.2) is 0 Å². The van der Waals surface area contributed by atoms with E-state index in [0.717, 1.165) is 74.0 Å². The van der Waals surface area contributed by atoms with Crippen molar-refractivity contribution in [2.75, 3.05) is 26.2 Å². The predicted octanol–water partition coefficient (Wildman–Crippen LogP) is 6.56. The Labute approximate surface area is 217 Å². The molecule has 0 radical (unpaired) electrons. The smallest absolute Gasteiger partial charge is 0.00753 e. The van der Waals surface area contributed by atoms with Gasteiger partial charge in [0.05, 0.1) is 0 Å². The lowest BCUT2D eigenvalue weighted by Crippen LogP contribution is -2.53. The molecule has 0 spiro atoms. The van der Waals surface area contributed by atoms with Crippen LogP contribution in [0.4, 0.5) is 0 Å². The van der Waals surface area contributed by atoms with E-state index in [4.69, 9.17) is 5.73 Å². The van der Waals surface area contributed by atoms with E-state index in [2.05, 4.69) is 71.3 Å². The zero-order valence-electron chi connectivity index (χ0n) is 24.1. The average Bonchev–Trinajstić information content (AvgIpc) is 2.76. The van der Waals surface area contributed by atoms with Crippen LogP contribution in [0.2, 0.25) is 0 Å². The van der Waals surface area contributed by atoms with E-state index in [0.29, 0.717) is 16.9 Å². The van der Waals surface area contributed by atoms with Crippen molar-refractivity contribution in [2.45, 2.75) is 99.5 Å². The molecule has 0 saturated heterocycles. The van der Waals surface area contributed by atoms with Crippen LogP contribution in [0.1, 0.15) is 93.4 Å². The topological polar surface area (TPSA) is 50.1 Å². The van der Waals surface area contributed by atoms with Gasteiger partial charge >= 0.3 is 0 Å². The zero-order chi connectivity index (χ0) is 25.4. The van der Waals surface area contributed by atoms with Gasteiger partial charge < -0.3 is 16.4 Å². The molecule has 35 heavy (non-hydrogen) atoms. The highest BCUT2D eigenvalue weighted by Gasteiger charge is 2.55. The summed E-state index contributed by atoms with van der Waals surface area (Å²) >= 11 is 0. The Morgan fingerprint density at radius 3 is 1.91 bits per heavy atom. The lowest BCUT2D eigenvalue weighted by Gasteiger charge is -2.60. The van der Waals surface area contributed by atoms with Crippen LogP contribution in [0.15, 0.2) is 23.3 Å². The Hall–Kier alpha value is -0.640. The highest BCUT2D eigenvalue weighted by molar-refractivity contribution is 5.25. The number of rotatable bonds is 14. The third-order valence-corrected chi connectivity index (χ3v) is 11.2. The second-order valence-corrected chi connectivity index (χ2v) is 14.3. The minimum absolute atomic E-state index is 0.503. The molecule has 0 amide bonds. The number of allylic oxidation sites excluding steroid dienone is 4. The minimum Gasteiger partial charge on any atom is -0.330 e. The van der Waals surface area contributed by atoms with Crippen LogP contribution in [0.3, 0.4) is 0 Å². The van der Waals surface area contributed by atoms with Crippen molar-refractivity contribution >= 4 is 0 Å². The van der Waals surface area contributed by atoms with Gasteiger partial charge in [0, 0.05) is 6.04 Å². The largest absolute Gasteiger partial charge is 0.330 e. The quantitative estimate of drug-likeness (QED) is 0.194. The third kappa shape index (κ3) is 5.63. The van der Waals surface area contributed by atoms with Gasteiger partial charge in [-0.2, -0.15) is 0 Å². The fourth-order valence-electron chi connectivity index (χ4n) is 9.03. The first-order valence-corrected chi connectivity index (χ1v) is 15.1. The second kappa shape index (κ2) is 11.0. The Morgan fingerprint density at radius 2 is 1.40 bits per heavy atom. The number of nitrogens with one attached hydrogen (secondary N) is 2. The fraction of sp³-hybridized carbons (Fsp3) is 0.875. The van der Waals surface area contributed by atoms with Gasteiger partial charge in [-0.1, -0.05) is 57.9 Å². The van der Waals surface area contributed by atoms with Crippen LogP contribution in [0.25, 0.3) is 0 Å². The first-order chi connectivity index (χ1) is 16.6. The van der Waals surface area contributed by atoms with Crippen LogP contribution in [-0.2, 0) is 0 Å². The summed E-state index contributed by atoms with van der Waals surface area (Å²) in [5.74, 6) is 5.79. The summed E-state index contributed by atoms with van der Waals surface area (Å²) in [5, 5.41) is 7.59. The lowest BCUT2D eigenvalue weighted by molar-refractivity contribution is -0.0473. The normalized spacial score (nSPS) is 35.9. The molecule has 200 valence electrons. The monoisotopic (exact) mass is 483 g/mol. The number of hydrogen-bond acceptors (Lipinski definition) is 3. The molecule has 6 aliphatic rings. The van der Waals surface area contributed by atoms with Gasteiger partial charge in [0.2, 0.25) is 0 Å². The van der Waals surface area contributed by atoms with Crippen LogP contribution < -0.4 is 16.4 Å². The Bertz CT molecular complexity index is 778. The molecule has 6 aliphatic carbocycles. The van der Waals surface area contributed by atoms with Crippen LogP contribution in [0.5, 0.6) is 0 Å². The summed E-state index contributed by atoms with van der Waals surface area (Å²) < 4.78 is 0.